The summed E-state index contributed by atoms with van der Waals surface area (Å²) >= 11 is 5.67. The summed E-state index contributed by atoms with van der Waals surface area (Å²) in [5.74, 6) is 0.639. The van der Waals surface area contributed by atoms with Crippen molar-refractivity contribution in [2.24, 2.45) is 11.8 Å². The third-order valence-corrected chi connectivity index (χ3v) is 18.2. The van der Waals surface area contributed by atoms with E-state index in [1.807, 2.05) is 91.0 Å². The molecule has 0 spiro atoms. The third-order valence-electron chi connectivity index (χ3n) is 12.8. The normalized spacial score (nSPS) is 20.4. The van der Waals surface area contributed by atoms with Crippen LogP contribution in [-0.4, -0.2) is 67.6 Å². The van der Waals surface area contributed by atoms with Gasteiger partial charge in [-0.05, 0) is 114 Å². The number of benzene rings is 4. The fraction of sp³-hybridized carbons (Fsp3) is 0.367. The predicted octanol–water partition coefficient (Wildman–Crippen LogP) is 9.65. The number of rotatable bonds is 13. The lowest BCUT2D eigenvalue weighted by Gasteiger charge is -2.52. The van der Waals surface area contributed by atoms with E-state index in [1.165, 1.54) is 0 Å². The van der Waals surface area contributed by atoms with E-state index in [0.717, 1.165) is 47.3 Å². The lowest BCUT2D eigenvalue weighted by atomic mass is 9.73. The minimum atomic E-state index is -5.09. The molecule has 2 bridgehead atoms. The van der Waals surface area contributed by atoms with Gasteiger partial charge in [0.05, 0.1) is 35.9 Å². The van der Waals surface area contributed by atoms with Crippen molar-refractivity contribution in [3.8, 4) is 5.75 Å². The zero-order valence-electron chi connectivity index (χ0n) is 36.8. The van der Waals surface area contributed by atoms with Crippen LogP contribution in [0.2, 0.25) is 5.04 Å². The van der Waals surface area contributed by atoms with Gasteiger partial charge >= 0.3 is 12.4 Å². The second-order valence-corrected chi connectivity index (χ2v) is 22.5. The number of piperidine rings is 3. The molecule has 0 radical (unpaired) electrons. The molecule has 8 nitrogen and oxygen atoms in total. The minimum Gasteiger partial charge on any atom is -0.497 e. The third kappa shape index (κ3) is 10.1. The van der Waals surface area contributed by atoms with Crippen molar-refractivity contribution < 1.29 is 40.3 Å². The Kier molecular flexibility index (Phi) is 13.9. The average Bonchev–Trinajstić information content (AvgIpc) is 3.28. The number of carbonyl (C=O) groups excluding carboxylic acids is 1. The van der Waals surface area contributed by atoms with E-state index in [0.29, 0.717) is 29.3 Å². The highest BCUT2D eigenvalue weighted by molar-refractivity contribution is 7.80. The number of nitrogens with one attached hydrogen (secondary N) is 3. The molecule has 1 aromatic heterocycles. The molecule has 1 amide bonds. The Morgan fingerprint density at radius 2 is 1.51 bits per heavy atom. The average molecular weight is 934 g/mol. The zero-order chi connectivity index (χ0) is 46.9. The van der Waals surface area contributed by atoms with Gasteiger partial charge in [-0.15, -0.1) is 6.58 Å². The highest BCUT2D eigenvalue weighted by Gasteiger charge is 2.53. The van der Waals surface area contributed by atoms with E-state index in [4.69, 9.17) is 21.4 Å². The SMILES string of the molecule is C=C[C@H]1CN2CC[C@H]1C[C@H]2[C@@H](NC(=O)[C@@H](NC(=S)Nc1cc(C(F)(F)F)cc(C(F)(F)F)c1)[C@@H](C)O[Si](c1ccccc1)(c1ccccc1)C(C)(C)C)c1ccnc2ccc(OC)cc12. The lowest BCUT2D eigenvalue weighted by Crippen LogP contribution is -2.69. The van der Waals surface area contributed by atoms with Gasteiger partial charge in [0.15, 0.2) is 5.11 Å². The molecule has 3 fully saturated rings. The number of pyridine rings is 1. The number of anilines is 1. The molecule has 65 heavy (non-hydrogen) atoms. The van der Waals surface area contributed by atoms with Crippen molar-refractivity contribution in [1.29, 1.82) is 0 Å². The van der Waals surface area contributed by atoms with Crippen LogP contribution >= 0.6 is 12.2 Å². The first-order valence-corrected chi connectivity index (χ1v) is 23.8. The second-order valence-electron chi connectivity index (χ2n) is 17.9. The second kappa shape index (κ2) is 18.9. The number of nitrogens with zero attached hydrogens (tertiary/aromatic N) is 2. The molecule has 0 aliphatic carbocycles. The number of alkyl halides is 6. The molecule has 4 aromatic carbocycles. The van der Waals surface area contributed by atoms with E-state index in [1.54, 1.807) is 20.2 Å². The number of halogens is 6. The highest BCUT2D eigenvalue weighted by atomic mass is 32.1. The number of thiocarbonyl (C=S) groups is 1. The quantitative estimate of drug-likeness (QED) is 0.0466. The van der Waals surface area contributed by atoms with Crippen LogP contribution in [0.4, 0.5) is 32.0 Å². The summed E-state index contributed by atoms with van der Waals surface area (Å²) < 4.78 is 96.8. The fourth-order valence-electron chi connectivity index (χ4n) is 9.66. The van der Waals surface area contributed by atoms with E-state index >= 15 is 4.79 Å². The molecular weight excluding hydrogens is 881 g/mol. The first-order valence-electron chi connectivity index (χ1n) is 21.5. The topological polar surface area (TPSA) is 87.8 Å². The number of fused-ring (bicyclic) bond motifs is 4. The van der Waals surface area contributed by atoms with Crippen LogP contribution < -0.4 is 31.1 Å². The van der Waals surface area contributed by atoms with Gasteiger partial charge in [-0.2, -0.15) is 26.3 Å². The summed E-state index contributed by atoms with van der Waals surface area (Å²) in [6, 6.07) is 25.9. The zero-order valence-corrected chi connectivity index (χ0v) is 38.6. The van der Waals surface area contributed by atoms with Crippen molar-refractivity contribution in [2.75, 3.05) is 25.5 Å². The molecule has 16 heteroatoms. The van der Waals surface area contributed by atoms with E-state index in [-0.39, 0.29) is 23.1 Å². The standard InChI is InChI=1S/C49H53F6N5O3SSi/c1-7-31-29-60-23-21-32(31)24-42(60)44(39-20-22-56-41-19-18-36(62-6)28-40(39)41)58-45(61)43(59-46(64)57-35-26-33(48(50,51)52)25-34(27-35)49(53,54)55)30(2)63-65(47(3,4)5,37-14-10-8-11-15-37)38-16-12-9-13-17-38/h7-20,22,25-28,30-32,42-44H,1,21,23-24,29H2,2-6H3,(H,58,61)(H2,57,59,64)/t30-,31+,32+,42+,43+,44+/m1/s1. The van der Waals surface area contributed by atoms with Crippen molar-refractivity contribution >= 4 is 58.5 Å². The largest absolute Gasteiger partial charge is 0.497 e. The molecule has 3 N–H and O–H groups in total. The maximum absolute atomic E-state index is 15.5. The number of ether oxygens (including phenoxy) is 1. The number of aromatic nitrogens is 1. The number of hydrogen-bond acceptors (Lipinski definition) is 6. The molecule has 5 aromatic rings. The molecule has 3 aliphatic rings. The Morgan fingerprint density at radius 1 is 0.892 bits per heavy atom. The Bertz CT molecular complexity index is 2430. The van der Waals surface area contributed by atoms with Crippen LogP contribution in [-0.2, 0) is 21.6 Å². The monoisotopic (exact) mass is 933 g/mol. The van der Waals surface area contributed by atoms with Crippen molar-refractivity contribution in [3.63, 3.8) is 0 Å². The molecule has 344 valence electrons. The van der Waals surface area contributed by atoms with Crippen molar-refractivity contribution in [1.82, 2.24) is 20.5 Å². The van der Waals surface area contributed by atoms with Gasteiger partial charge in [0, 0.05) is 29.9 Å². The first kappa shape index (κ1) is 47.7. The van der Waals surface area contributed by atoms with E-state index in [2.05, 4.69) is 53.2 Å². The van der Waals surface area contributed by atoms with Gasteiger partial charge in [-0.1, -0.05) is 87.5 Å². The number of hydrogen-bond donors (Lipinski definition) is 3. The van der Waals surface area contributed by atoms with Crippen molar-refractivity contribution in [2.45, 2.75) is 82.2 Å². The Balaban J connectivity index is 1.33. The smallest absolute Gasteiger partial charge is 0.416 e. The minimum absolute atomic E-state index is 0.0431. The van der Waals surface area contributed by atoms with Crippen LogP contribution in [0.25, 0.3) is 10.9 Å². The molecule has 0 saturated carbocycles. The van der Waals surface area contributed by atoms with Gasteiger partial charge in [-0.3, -0.25) is 14.7 Å². The van der Waals surface area contributed by atoms with Crippen LogP contribution in [0.3, 0.4) is 0 Å². The van der Waals surface area contributed by atoms with Gasteiger partial charge in [0.25, 0.3) is 8.32 Å². The maximum atomic E-state index is 15.5. The van der Waals surface area contributed by atoms with Crippen LogP contribution in [0.1, 0.15) is 63.3 Å². The Morgan fingerprint density at radius 3 is 2.03 bits per heavy atom. The molecule has 3 saturated heterocycles. The Labute approximate surface area is 381 Å². The predicted molar refractivity (Wildman–Crippen MR) is 249 cm³/mol. The molecular formula is C49H53F6N5O3SSi. The van der Waals surface area contributed by atoms with E-state index in [9.17, 15) is 26.3 Å². The number of methoxy groups -OCH3 is 1. The number of amides is 1. The summed E-state index contributed by atoms with van der Waals surface area (Å²) in [6.07, 6.45) is -5.78. The fourth-order valence-corrected chi connectivity index (χ4v) is 14.6. The molecule has 7 atom stereocenters. The molecule has 1 unspecified atom stereocenters. The molecule has 4 heterocycles. The van der Waals surface area contributed by atoms with Gasteiger partial charge in [-0.25, -0.2) is 0 Å². The summed E-state index contributed by atoms with van der Waals surface area (Å²) in [7, 11) is -1.81. The van der Waals surface area contributed by atoms with E-state index < -0.39 is 66.6 Å². The molecule has 3 aliphatic heterocycles. The lowest BCUT2D eigenvalue weighted by molar-refractivity contribution is -0.143. The summed E-state index contributed by atoms with van der Waals surface area (Å²) in [6.45, 7) is 13.6. The summed E-state index contributed by atoms with van der Waals surface area (Å²) in [4.78, 5) is 22.4. The maximum Gasteiger partial charge on any atom is 0.416 e. The van der Waals surface area contributed by atoms with Gasteiger partial charge in [0.1, 0.15) is 11.8 Å². The van der Waals surface area contributed by atoms with Crippen LogP contribution in [0, 0.1) is 11.8 Å². The summed E-state index contributed by atoms with van der Waals surface area (Å²) in [5.41, 5.74) is -2.13. The van der Waals surface area contributed by atoms with Crippen LogP contribution in [0.5, 0.6) is 5.75 Å². The summed E-state index contributed by atoms with van der Waals surface area (Å²) in [5, 5.41) is 10.6. The van der Waals surface area contributed by atoms with Gasteiger partial charge in [0.2, 0.25) is 5.91 Å². The first-order chi connectivity index (χ1) is 30.7. The van der Waals surface area contributed by atoms with Gasteiger partial charge < -0.3 is 25.1 Å². The Hall–Kier alpha value is -5.29. The number of carbonyl (C=O) groups is 1. The molecule has 8 rings (SSSR count). The van der Waals surface area contributed by atoms with Crippen molar-refractivity contribution in [3.05, 3.63) is 139 Å². The van der Waals surface area contributed by atoms with Crippen LogP contribution in [0.15, 0.2) is 122 Å². The highest BCUT2D eigenvalue weighted by Crippen LogP contribution is 2.43.